The maximum atomic E-state index is 11.5. The standard InChI is InChI=1S/C17H21N5O3/c18-17(7-1-2-8-17)16-19-15(25-20-16)12-5-6-13(14(11-12)22(23)24)21-9-3-4-10-21/h5-6,11H,1-4,7-10,18H2. The maximum Gasteiger partial charge on any atom is 0.293 e. The van der Waals surface area contributed by atoms with Crippen molar-refractivity contribution in [3.05, 3.63) is 34.1 Å². The Kier molecular flexibility index (Phi) is 3.91. The number of anilines is 1. The molecule has 25 heavy (non-hydrogen) atoms. The molecule has 2 heterocycles. The Hall–Kier alpha value is -2.48. The van der Waals surface area contributed by atoms with Crippen LogP contribution in [0.1, 0.15) is 44.3 Å². The number of hydrogen-bond donors (Lipinski definition) is 1. The first-order valence-corrected chi connectivity index (χ1v) is 8.74. The van der Waals surface area contributed by atoms with Crippen LogP contribution in [0.25, 0.3) is 11.5 Å². The molecule has 0 bridgehead atoms. The molecule has 4 rings (SSSR count). The summed E-state index contributed by atoms with van der Waals surface area (Å²) < 4.78 is 5.35. The van der Waals surface area contributed by atoms with Crippen molar-refractivity contribution in [3.8, 4) is 11.5 Å². The van der Waals surface area contributed by atoms with E-state index in [0.717, 1.165) is 51.6 Å². The molecule has 2 fully saturated rings. The van der Waals surface area contributed by atoms with Crippen molar-refractivity contribution in [2.45, 2.75) is 44.1 Å². The molecule has 8 heteroatoms. The SMILES string of the molecule is NC1(c2noc(-c3ccc(N4CCCC4)c([N+](=O)[O-])c3)n2)CCCC1. The second kappa shape index (κ2) is 6.11. The molecule has 1 saturated carbocycles. The molecule has 1 aromatic heterocycles. The normalized spacial score (nSPS) is 19.5. The molecule has 0 spiro atoms. The minimum atomic E-state index is -0.539. The zero-order valence-corrected chi connectivity index (χ0v) is 14.0. The molecule has 0 radical (unpaired) electrons. The van der Waals surface area contributed by atoms with E-state index >= 15 is 0 Å². The van der Waals surface area contributed by atoms with Crippen molar-refractivity contribution in [3.63, 3.8) is 0 Å². The lowest BCUT2D eigenvalue weighted by Crippen LogP contribution is -2.34. The van der Waals surface area contributed by atoms with Gasteiger partial charge >= 0.3 is 0 Å². The number of benzene rings is 1. The first-order valence-electron chi connectivity index (χ1n) is 8.74. The van der Waals surface area contributed by atoms with Crippen LogP contribution in [-0.2, 0) is 5.54 Å². The summed E-state index contributed by atoms with van der Waals surface area (Å²) in [6, 6.07) is 5.09. The van der Waals surface area contributed by atoms with Crippen molar-refractivity contribution < 1.29 is 9.45 Å². The van der Waals surface area contributed by atoms with E-state index in [4.69, 9.17) is 10.3 Å². The lowest BCUT2D eigenvalue weighted by atomic mass is 9.99. The van der Waals surface area contributed by atoms with E-state index in [1.54, 1.807) is 12.1 Å². The van der Waals surface area contributed by atoms with Gasteiger partial charge < -0.3 is 15.2 Å². The summed E-state index contributed by atoms with van der Waals surface area (Å²) >= 11 is 0. The number of aromatic nitrogens is 2. The molecule has 8 nitrogen and oxygen atoms in total. The summed E-state index contributed by atoms with van der Waals surface area (Å²) in [5.41, 5.74) is 7.09. The number of nitro groups is 1. The molecule has 1 aromatic carbocycles. The van der Waals surface area contributed by atoms with Crippen LogP contribution in [0.4, 0.5) is 11.4 Å². The molecule has 2 aliphatic rings. The van der Waals surface area contributed by atoms with Crippen LogP contribution in [0.5, 0.6) is 0 Å². The minimum Gasteiger partial charge on any atom is -0.366 e. The second-order valence-corrected chi connectivity index (χ2v) is 6.94. The van der Waals surface area contributed by atoms with Crippen molar-refractivity contribution in [2.75, 3.05) is 18.0 Å². The second-order valence-electron chi connectivity index (χ2n) is 6.94. The summed E-state index contributed by atoms with van der Waals surface area (Å²) in [5.74, 6) is 0.772. The van der Waals surface area contributed by atoms with Crippen LogP contribution in [0, 0.1) is 10.1 Å². The predicted molar refractivity (Wildman–Crippen MR) is 92.2 cm³/mol. The van der Waals surface area contributed by atoms with Gasteiger partial charge in [0, 0.05) is 24.7 Å². The molecule has 1 aliphatic carbocycles. The van der Waals surface area contributed by atoms with Gasteiger partial charge in [-0.3, -0.25) is 10.1 Å². The van der Waals surface area contributed by atoms with Gasteiger partial charge in [0.1, 0.15) is 5.69 Å². The first-order chi connectivity index (χ1) is 12.1. The molecular formula is C17H21N5O3. The Balaban J connectivity index is 1.68. The molecule has 0 amide bonds. The fourth-order valence-corrected chi connectivity index (χ4v) is 3.80. The number of hydrogen-bond acceptors (Lipinski definition) is 7. The minimum absolute atomic E-state index is 0.0717. The van der Waals surface area contributed by atoms with E-state index in [2.05, 4.69) is 15.0 Å². The highest BCUT2D eigenvalue weighted by molar-refractivity contribution is 5.71. The Morgan fingerprint density at radius 1 is 1.20 bits per heavy atom. The first kappa shape index (κ1) is 16.0. The summed E-state index contributed by atoms with van der Waals surface area (Å²) in [7, 11) is 0. The predicted octanol–water partition coefficient (Wildman–Crippen LogP) is 2.97. The molecule has 0 atom stereocenters. The topological polar surface area (TPSA) is 111 Å². The third-order valence-electron chi connectivity index (χ3n) is 5.23. The van der Waals surface area contributed by atoms with Crippen molar-refractivity contribution >= 4 is 11.4 Å². The van der Waals surface area contributed by atoms with Crippen LogP contribution < -0.4 is 10.6 Å². The van der Waals surface area contributed by atoms with E-state index in [1.807, 2.05) is 0 Å². The van der Waals surface area contributed by atoms with Gasteiger partial charge in [0.05, 0.1) is 10.5 Å². The average molecular weight is 343 g/mol. The third-order valence-corrected chi connectivity index (χ3v) is 5.23. The van der Waals surface area contributed by atoms with Gasteiger partial charge in [-0.1, -0.05) is 18.0 Å². The third kappa shape index (κ3) is 2.86. The molecule has 132 valence electrons. The van der Waals surface area contributed by atoms with Gasteiger partial charge in [-0.25, -0.2) is 0 Å². The van der Waals surface area contributed by atoms with Gasteiger partial charge in [-0.2, -0.15) is 4.98 Å². The van der Waals surface area contributed by atoms with Gasteiger partial charge in [-0.15, -0.1) is 0 Å². The quantitative estimate of drug-likeness (QED) is 0.671. The fraction of sp³-hybridized carbons (Fsp3) is 0.529. The van der Waals surface area contributed by atoms with E-state index in [0.29, 0.717) is 17.1 Å². The van der Waals surface area contributed by atoms with E-state index in [-0.39, 0.29) is 16.5 Å². The number of nitrogens with two attached hydrogens (primary N) is 1. The fourth-order valence-electron chi connectivity index (χ4n) is 3.80. The van der Waals surface area contributed by atoms with Crippen molar-refractivity contribution in [2.24, 2.45) is 5.73 Å². The lowest BCUT2D eigenvalue weighted by molar-refractivity contribution is -0.384. The molecular weight excluding hydrogens is 322 g/mol. The highest BCUT2D eigenvalue weighted by Crippen LogP contribution is 2.37. The smallest absolute Gasteiger partial charge is 0.293 e. The summed E-state index contributed by atoms with van der Waals surface area (Å²) in [6.07, 6.45) is 5.89. The van der Waals surface area contributed by atoms with Crippen LogP contribution in [-0.4, -0.2) is 28.2 Å². The highest BCUT2D eigenvalue weighted by Gasteiger charge is 2.36. The largest absolute Gasteiger partial charge is 0.366 e. The summed E-state index contributed by atoms with van der Waals surface area (Å²) in [5, 5.41) is 15.5. The van der Waals surface area contributed by atoms with E-state index < -0.39 is 5.54 Å². The van der Waals surface area contributed by atoms with Gasteiger partial charge in [0.2, 0.25) is 0 Å². The monoisotopic (exact) mass is 343 g/mol. The van der Waals surface area contributed by atoms with Gasteiger partial charge in [0.15, 0.2) is 5.82 Å². The van der Waals surface area contributed by atoms with Crippen molar-refractivity contribution in [1.29, 1.82) is 0 Å². The maximum absolute atomic E-state index is 11.5. The number of rotatable bonds is 4. The zero-order chi connectivity index (χ0) is 17.4. The number of nitrogens with zero attached hydrogens (tertiary/aromatic N) is 4. The molecule has 1 saturated heterocycles. The van der Waals surface area contributed by atoms with Crippen LogP contribution in [0.2, 0.25) is 0 Å². The molecule has 2 aromatic rings. The van der Waals surface area contributed by atoms with Gasteiger partial charge in [0.25, 0.3) is 11.6 Å². The lowest BCUT2D eigenvalue weighted by Gasteiger charge is -2.18. The Labute approximate surface area is 145 Å². The van der Waals surface area contributed by atoms with E-state index in [9.17, 15) is 10.1 Å². The molecule has 2 N–H and O–H groups in total. The average Bonchev–Trinajstić information content (AvgIpc) is 3.36. The zero-order valence-electron chi connectivity index (χ0n) is 14.0. The van der Waals surface area contributed by atoms with Crippen molar-refractivity contribution in [1.82, 2.24) is 10.1 Å². The highest BCUT2D eigenvalue weighted by atomic mass is 16.6. The van der Waals surface area contributed by atoms with E-state index in [1.165, 1.54) is 6.07 Å². The molecule has 0 unspecified atom stereocenters. The summed E-state index contributed by atoms with van der Waals surface area (Å²) in [4.78, 5) is 17.6. The number of nitro benzene ring substituents is 1. The molecule has 1 aliphatic heterocycles. The Bertz CT molecular complexity index is 791. The van der Waals surface area contributed by atoms with Crippen LogP contribution in [0.15, 0.2) is 22.7 Å². The summed E-state index contributed by atoms with van der Waals surface area (Å²) in [6.45, 7) is 1.70. The Morgan fingerprint density at radius 3 is 2.60 bits per heavy atom. The van der Waals surface area contributed by atoms with Gasteiger partial charge in [-0.05, 0) is 37.8 Å². The van der Waals surface area contributed by atoms with Crippen LogP contribution >= 0.6 is 0 Å². The Morgan fingerprint density at radius 2 is 1.92 bits per heavy atom. The van der Waals surface area contributed by atoms with Crippen LogP contribution in [0.3, 0.4) is 0 Å².